The predicted octanol–water partition coefficient (Wildman–Crippen LogP) is 3.02. The fraction of sp³-hybridized carbons (Fsp3) is 0.176. The zero-order valence-electron chi connectivity index (χ0n) is 13.0. The monoisotopic (exact) mass is 393 g/mol. The van der Waals surface area contributed by atoms with Gasteiger partial charge in [0.25, 0.3) is 5.91 Å². The topological polar surface area (TPSA) is 73.9 Å². The van der Waals surface area contributed by atoms with Crippen LogP contribution in [-0.4, -0.2) is 32.2 Å². The Balaban J connectivity index is 1.74. The molecular formula is C17H16BrNO5. The van der Waals surface area contributed by atoms with Gasteiger partial charge in [0.1, 0.15) is 11.5 Å². The first-order valence-corrected chi connectivity index (χ1v) is 7.84. The summed E-state index contributed by atoms with van der Waals surface area (Å²) in [5, 5.41) is 2.61. The SMILES string of the molecule is COc1ccccc1NC(=O)COC(=O)COc1ccc(Br)cc1. The summed E-state index contributed by atoms with van der Waals surface area (Å²) in [5.74, 6) is -0.0334. The molecule has 1 N–H and O–H groups in total. The number of benzene rings is 2. The van der Waals surface area contributed by atoms with E-state index < -0.39 is 18.5 Å². The van der Waals surface area contributed by atoms with Gasteiger partial charge in [-0.1, -0.05) is 28.1 Å². The van der Waals surface area contributed by atoms with E-state index in [2.05, 4.69) is 21.2 Å². The number of carbonyl (C=O) groups excluding carboxylic acids is 2. The van der Waals surface area contributed by atoms with Crippen LogP contribution in [0.25, 0.3) is 0 Å². The molecule has 0 saturated carbocycles. The van der Waals surface area contributed by atoms with E-state index in [9.17, 15) is 9.59 Å². The number of esters is 1. The first kappa shape index (κ1) is 17.8. The highest BCUT2D eigenvalue weighted by atomic mass is 79.9. The third-order valence-corrected chi connectivity index (χ3v) is 3.44. The Bertz CT molecular complexity index is 702. The second kappa shape index (κ2) is 8.93. The maximum Gasteiger partial charge on any atom is 0.344 e. The number of hydrogen-bond acceptors (Lipinski definition) is 5. The van der Waals surface area contributed by atoms with Crippen LogP contribution in [0.5, 0.6) is 11.5 Å². The number of rotatable bonds is 7. The van der Waals surface area contributed by atoms with Gasteiger partial charge >= 0.3 is 5.97 Å². The molecule has 0 saturated heterocycles. The largest absolute Gasteiger partial charge is 0.495 e. The molecule has 1 amide bonds. The molecule has 0 heterocycles. The van der Waals surface area contributed by atoms with Crippen molar-refractivity contribution in [2.24, 2.45) is 0 Å². The Kier molecular flexibility index (Phi) is 6.62. The van der Waals surface area contributed by atoms with Gasteiger partial charge in [0, 0.05) is 4.47 Å². The van der Waals surface area contributed by atoms with Gasteiger partial charge in [0.05, 0.1) is 12.8 Å². The maximum absolute atomic E-state index is 11.8. The molecule has 0 fully saturated rings. The molecule has 24 heavy (non-hydrogen) atoms. The van der Waals surface area contributed by atoms with Crippen LogP contribution in [0.4, 0.5) is 5.69 Å². The summed E-state index contributed by atoms with van der Waals surface area (Å²) < 4.78 is 16.2. The van der Waals surface area contributed by atoms with E-state index in [1.165, 1.54) is 7.11 Å². The van der Waals surface area contributed by atoms with Crippen LogP contribution >= 0.6 is 15.9 Å². The minimum absolute atomic E-state index is 0.274. The number of ether oxygens (including phenoxy) is 3. The standard InChI is InChI=1S/C17H16BrNO5/c1-22-15-5-3-2-4-14(15)19-16(20)10-24-17(21)11-23-13-8-6-12(18)7-9-13/h2-9H,10-11H2,1H3,(H,19,20). The molecule has 2 aromatic carbocycles. The zero-order chi connectivity index (χ0) is 17.4. The number of hydrogen-bond donors (Lipinski definition) is 1. The Labute approximate surface area is 147 Å². The van der Waals surface area contributed by atoms with Gasteiger partial charge in [-0.2, -0.15) is 0 Å². The number of amides is 1. The van der Waals surface area contributed by atoms with Crippen molar-refractivity contribution in [1.82, 2.24) is 0 Å². The van der Waals surface area contributed by atoms with E-state index in [1.807, 2.05) is 0 Å². The van der Waals surface area contributed by atoms with Crippen molar-refractivity contribution in [3.05, 3.63) is 53.0 Å². The highest BCUT2D eigenvalue weighted by Gasteiger charge is 2.10. The molecule has 0 spiro atoms. The molecule has 0 aromatic heterocycles. The van der Waals surface area contributed by atoms with Crippen molar-refractivity contribution in [2.75, 3.05) is 25.6 Å². The van der Waals surface area contributed by atoms with Gasteiger partial charge in [-0.05, 0) is 36.4 Å². The summed E-state index contributed by atoms with van der Waals surface area (Å²) in [4.78, 5) is 23.4. The highest BCUT2D eigenvalue weighted by Crippen LogP contribution is 2.22. The van der Waals surface area contributed by atoms with Gasteiger partial charge in [-0.3, -0.25) is 4.79 Å². The Hall–Kier alpha value is -2.54. The molecule has 0 unspecified atom stereocenters. The molecule has 0 aliphatic heterocycles. The van der Waals surface area contributed by atoms with Crippen LogP contribution in [0.1, 0.15) is 0 Å². The third-order valence-electron chi connectivity index (χ3n) is 2.92. The number of halogens is 1. The van der Waals surface area contributed by atoms with E-state index >= 15 is 0 Å². The second-order valence-corrected chi connectivity index (χ2v) is 5.57. The second-order valence-electron chi connectivity index (χ2n) is 4.65. The van der Waals surface area contributed by atoms with Crippen molar-refractivity contribution < 1.29 is 23.8 Å². The molecular weight excluding hydrogens is 378 g/mol. The average molecular weight is 394 g/mol. The van der Waals surface area contributed by atoms with Crippen molar-refractivity contribution in [3.8, 4) is 11.5 Å². The molecule has 7 heteroatoms. The van der Waals surface area contributed by atoms with Crippen LogP contribution < -0.4 is 14.8 Å². The number of anilines is 1. The van der Waals surface area contributed by atoms with Gasteiger partial charge in [0.15, 0.2) is 13.2 Å². The van der Waals surface area contributed by atoms with Gasteiger partial charge in [-0.15, -0.1) is 0 Å². The maximum atomic E-state index is 11.8. The molecule has 0 aliphatic carbocycles. The van der Waals surface area contributed by atoms with E-state index in [0.717, 1.165) is 4.47 Å². The molecule has 0 aliphatic rings. The molecule has 0 radical (unpaired) electrons. The Morgan fingerprint density at radius 2 is 1.75 bits per heavy atom. The molecule has 2 aromatic rings. The summed E-state index contributed by atoms with van der Waals surface area (Å²) in [6.45, 7) is -0.676. The van der Waals surface area contributed by atoms with Crippen LogP contribution in [0.15, 0.2) is 53.0 Å². The third kappa shape index (κ3) is 5.58. The van der Waals surface area contributed by atoms with E-state index in [0.29, 0.717) is 17.2 Å². The van der Waals surface area contributed by atoms with E-state index in [-0.39, 0.29) is 6.61 Å². The quantitative estimate of drug-likeness (QED) is 0.731. The number of carbonyl (C=O) groups is 2. The molecule has 0 bridgehead atoms. The molecule has 2 rings (SSSR count). The lowest BCUT2D eigenvalue weighted by Gasteiger charge is -2.10. The highest BCUT2D eigenvalue weighted by molar-refractivity contribution is 9.10. The molecule has 126 valence electrons. The van der Waals surface area contributed by atoms with Crippen molar-refractivity contribution in [1.29, 1.82) is 0 Å². The van der Waals surface area contributed by atoms with Crippen LogP contribution in [0, 0.1) is 0 Å². The van der Waals surface area contributed by atoms with Gasteiger partial charge in [-0.25, -0.2) is 4.79 Å². The molecule has 0 atom stereocenters. The summed E-state index contributed by atoms with van der Waals surface area (Å²) >= 11 is 3.30. The minimum atomic E-state index is -0.631. The first-order chi connectivity index (χ1) is 11.6. The predicted molar refractivity (Wildman–Crippen MR) is 92.2 cm³/mol. The lowest BCUT2D eigenvalue weighted by Crippen LogP contribution is -2.23. The summed E-state index contributed by atoms with van der Waals surface area (Å²) in [5.41, 5.74) is 0.507. The first-order valence-electron chi connectivity index (χ1n) is 7.05. The molecule has 6 nitrogen and oxygen atoms in total. The van der Waals surface area contributed by atoms with Crippen LogP contribution in [-0.2, 0) is 14.3 Å². The fourth-order valence-corrected chi connectivity index (χ4v) is 2.06. The lowest BCUT2D eigenvalue weighted by molar-refractivity contribution is -0.149. The number of nitrogens with one attached hydrogen (secondary N) is 1. The van der Waals surface area contributed by atoms with Gasteiger partial charge < -0.3 is 19.5 Å². The van der Waals surface area contributed by atoms with Gasteiger partial charge in [0.2, 0.25) is 0 Å². The summed E-state index contributed by atoms with van der Waals surface area (Å²) in [6, 6.07) is 14.0. The average Bonchev–Trinajstić information content (AvgIpc) is 2.60. The van der Waals surface area contributed by atoms with Crippen LogP contribution in [0.2, 0.25) is 0 Å². The minimum Gasteiger partial charge on any atom is -0.495 e. The number of methoxy groups -OCH3 is 1. The summed E-state index contributed by atoms with van der Waals surface area (Å²) in [6.07, 6.45) is 0. The Morgan fingerprint density at radius 3 is 2.46 bits per heavy atom. The van der Waals surface area contributed by atoms with Crippen LogP contribution in [0.3, 0.4) is 0 Å². The normalized spacial score (nSPS) is 9.92. The summed E-state index contributed by atoms with van der Waals surface area (Å²) in [7, 11) is 1.50. The zero-order valence-corrected chi connectivity index (χ0v) is 14.5. The Morgan fingerprint density at radius 1 is 1.04 bits per heavy atom. The van der Waals surface area contributed by atoms with E-state index in [4.69, 9.17) is 14.2 Å². The van der Waals surface area contributed by atoms with Crippen molar-refractivity contribution >= 4 is 33.5 Å². The number of para-hydroxylation sites is 2. The van der Waals surface area contributed by atoms with E-state index in [1.54, 1.807) is 48.5 Å². The smallest absolute Gasteiger partial charge is 0.344 e. The fourth-order valence-electron chi connectivity index (χ4n) is 1.79. The lowest BCUT2D eigenvalue weighted by atomic mass is 10.3. The van der Waals surface area contributed by atoms with Crippen molar-refractivity contribution in [2.45, 2.75) is 0 Å². The van der Waals surface area contributed by atoms with Crippen molar-refractivity contribution in [3.63, 3.8) is 0 Å².